The normalized spacial score (nSPS) is 14.3. The van der Waals surface area contributed by atoms with Gasteiger partial charge in [0.15, 0.2) is 6.61 Å². The smallest absolute Gasteiger partial charge is 0.324 e. The molecule has 0 bridgehead atoms. The number of primary amides is 1. The number of nitrogens with two attached hydrogens (primary N) is 1. The predicted octanol–water partition coefficient (Wildman–Crippen LogP) is 2.23. The van der Waals surface area contributed by atoms with E-state index in [1.54, 1.807) is 0 Å². The van der Waals surface area contributed by atoms with Crippen LogP contribution in [0.15, 0.2) is 29.2 Å². The summed E-state index contributed by atoms with van der Waals surface area (Å²) in [5.74, 6) is -2.22. The lowest BCUT2D eigenvalue weighted by Crippen LogP contribution is -2.40. The van der Waals surface area contributed by atoms with Gasteiger partial charge in [0.1, 0.15) is 11.0 Å². The Morgan fingerprint density at radius 3 is 2.50 bits per heavy atom. The number of aryl methyl sites for hydroxylation is 1. The van der Waals surface area contributed by atoms with Crippen LogP contribution in [0, 0.1) is 0 Å². The number of carbonyl (C=O) groups is 3. The van der Waals surface area contributed by atoms with Crippen LogP contribution in [0.1, 0.15) is 40.6 Å². The quantitative estimate of drug-likeness (QED) is 0.475. The summed E-state index contributed by atoms with van der Waals surface area (Å²) in [7, 11) is -3.99. The Morgan fingerprint density at radius 1 is 1.19 bits per heavy atom. The lowest BCUT2D eigenvalue weighted by atomic mass is 9.95. The molecule has 9 nitrogen and oxygen atoms in total. The highest BCUT2D eigenvalue weighted by atomic mass is 35.5. The Balaban J connectivity index is 1.58. The van der Waals surface area contributed by atoms with Crippen LogP contribution in [0.4, 0.5) is 5.00 Å². The van der Waals surface area contributed by atoms with Gasteiger partial charge in [-0.1, -0.05) is 11.6 Å². The summed E-state index contributed by atoms with van der Waals surface area (Å²) < 4.78 is 31.8. The molecule has 2 amide bonds. The molecule has 3 rings (SSSR count). The Kier molecular flexibility index (Phi) is 7.55. The maximum Gasteiger partial charge on any atom is 0.324 e. The maximum absolute atomic E-state index is 12.4. The lowest BCUT2D eigenvalue weighted by Gasteiger charge is -2.14. The van der Waals surface area contributed by atoms with Crippen molar-refractivity contribution < 1.29 is 27.5 Å². The van der Waals surface area contributed by atoms with Crippen molar-refractivity contribution in [3.8, 4) is 0 Å². The van der Waals surface area contributed by atoms with E-state index in [9.17, 15) is 22.8 Å². The highest BCUT2D eigenvalue weighted by Gasteiger charge is 2.26. The van der Waals surface area contributed by atoms with E-state index < -0.39 is 40.5 Å². The summed E-state index contributed by atoms with van der Waals surface area (Å²) in [6.45, 7) is 0.652. The molecular weight excluding hydrogens is 478 g/mol. The fourth-order valence-electron chi connectivity index (χ4n) is 3.30. The monoisotopic (exact) mass is 499 g/mol. The summed E-state index contributed by atoms with van der Waals surface area (Å²) in [5.41, 5.74) is 6.66. The topological polar surface area (TPSA) is 145 Å². The largest absolute Gasteiger partial charge is 0.454 e. The van der Waals surface area contributed by atoms with Crippen LogP contribution in [-0.2, 0) is 37.2 Å². The molecule has 1 heterocycles. The van der Waals surface area contributed by atoms with Gasteiger partial charge < -0.3 is 15.8 Å². The van der Waals surface area contributed by atoms with E-state index in [0.717, 1.165) is 36.1 Å². The average Bonchev–Trinajstić information content (AvgIpc) is 3.09. The number of thiophene rings is 1. The second-order valence-electron chi connectivity index (χ2n) is 7.23. The van der Waals surface area contributed by atoms with E-state index in [4.69, 9.17) is 22.1 Å². The van der Waals surface area contributed by atoms with Crippen LogP contribution in [0.5, 0.6) is 0 Å². The Morgan fingerprint density at radius 2 is 1.84 bits per heavy atom. The van der Waals surface area contributed by atoms with Crippen LogP contribution in [-0.4, -0.2) is 38.9 Å². The van der Waals surface area contributed by atoms with Gasteiger partial charge in [-0.25, -0.2) is 8.42 Å². The SMILES string of the molecule is CC(NS(=O)(=O)c1ccc(Cl)cc1)C(=O)OCC(=O)Nc1sc2c(c1C(N)=O)CCCC2. The number of halogens is 1. The zero-order valence-electron chi connectivity index (χ0n) is 17.1. The number of anilines is 1. The molecule has 0 spiro atoms. The van der Waals surface area contributed by atoms with Crippen molar-refractivity contribution in [1.29, 1.82) is 0 Å². The Labute approximate surface area is 194 Å². The van der Waals surface area contributed by atoms with E-state index in [2.05, 4.69) is 10.0 Å². The molecule has 0 saturated heterocycles. The van der Waals surface area contributed by atoms with Gasteiger partial charge in [0.05, 0.1) is 10.5 Å². The molecule has 1 aromatic heterocycles. The average molecular weight is 500 g/mol. The van der Waals surface area contributed by atoms with Crippen LogP contribution in [0.2, 0.25) is 5.02 Å². The molecular formula is C20H22ClN3O6S2. The second-order valence-corrected chi connectivity index (χ2v) is 10.5. The van der Waals surface area contributed by atoms with Gasteiger partial charge >= 0.3 is 5.97 Å². The minimum atomic E-state index is -3.99. The third-order valence-corrected chi connectivity index (χ3v) is 7.84. The minimum Gasteiger partial charge on any atom is -0.454 e. The van der Waals surface area contributed by atoms with Crippen LogP contribution >= 0.6 is 22.9 Å². The van der Waals surface area contributed by atoms with Crippen LogP contribution in [0.3, 0.4) is 0 Å². The molecule has 4 N–H and O–H groups in total. The summed E-state index contributed by atoms with van der Waals surface area (Å²) in [6, 6.07) is 4.18. The number of hydrogen-bond acceptors (Lipinski definition) is 7. The van der Waals surface area contributed by atoms with Crippen molar-refractivity contribution in [2.24, 2.45) is 5.73 Å². The number of fused-ring (bicyclic) bond motifs is 1. The Bertz CT molecular complexity index is 1140. The first-order chi connectivity index (χ1) is 15.1. The summed E-state index contributed by atoms with van der Waals surface area (Å²) in [5, 5.41) is 3.28. The molecule has 172 valence electrons. The first kappa shape index (κ1) is 24.2. The predicted molar refractivity (Wildman–Crippen MR) is 120 cm³/mol. The van der Waals surface area contributed by atoms with Gasteiger partial charge in [0.25, 0.3) is 11.8 Å². The third-order valence-electron chi connectivity index (χ3n) is 4.83. The highest BCUT2D eigenvalue weighted by molar-refractivity contribution is 7.89. The summed E-state index contributed by atoms with van der Waals surface area (Å²) in [4.78, 5) is 37.3. The minimum absolute atomic E-state index is 0.0695. The number of carbonyl (C=O) groups excluding carboxylic acids is 3. The number of sulfonamides is 1. The van der Waals surface area contributed by atoms with Crippen LogP contribution < -0.4 is 15.8 Å². The number of hydrogen-bond donors (Lipinski definition) is 3. The standard InChI is InChI=1S/C20H22ClN3O6S2/c1-11(24-32(28,29)13-8-6-12(21)7-9-13)20(27)30-10-16(25)23-19-17(18(22)26)14-4-2-3-5-15(14)31-19/h6-9,11,24H,2-5,10H2,1H3,(H2,22,26)(H,23,25). The van der Waals surface area contributed by atoms with E-state index in [1.165, 1.54) is 42.5 Å². The summed E-state index contributed by atoms with van der Waals surface area (Å²) >= 11 is 7.04. The first-order valence-corrected chi connectivity index (χ1v) is 12.4. The van der Waals surface area contributed by atoms with Gasteiger partial charge in [-0.2, -0.15) is 4.72 Å². The number of ether oxygens (including phenoxy) is 1. The van der Waals surface area contributed by atoms with E-state index in [0.29, 0.717) is 15.6 Å². The highest BCUT2D eigenvalue weighted by Crippen LogP contribution is 2.37. The molecule has 0 fully saturated rings. The van der Waals surface area contributed by atoms with Crippen molar-refractivity contribution >= 4 is 55.7 Å². The van der Waals surface area contributed by atoms with Gasteiger partial charge in [-0.3, -0.25) is 14.4 Å². The van der Waals surface area contributed by atoms with E-state index in [1.807, 2.05) is 0 Å². The number of benzene rings is 1. The molecule has 1 unspecified atom stereocenters. The molecule has 2 aromatic rings. The number of nitrogens with one attached hydrogen (secondary N) is 2. The zero-order chi connectivity index (χ0) is 23.5. The number of esters is 1. The van der Waals surface area contributed by atoms with Gasteiger partial charge in [0, 0.05) is 9.90 Å². The number of rotatable bonds is 8. The fraction of sp³-hybridized carbons (Fsp3) is 0.350. The summed E-state index contributed by atoms with van der Waals surface area (Å²) in [6.07, 6.45) is 3.48. The lowest BCUT2D eigenvalue weighted by molar-refractivity contribution is -0.148. The molecule has 1 aliphatic rings. The van der Waals surface area contributed by atoms with E-state index >= 15 is 0 Å². The van der Waals surface area contributed by atoms with Gasteiger partial charge in [-0.15, -0.1) is 11.3 Å². The maximum atomic E-state index is 12.4. The van der Waals surface area contributed by atoms with Crippen molar-refractivity contribution in [3.63, 3.8) is 0 Å². The molecule has 32 heavy (non-hydrogen) atoms. The number of amides is 2. The van der Waals surface area contributed by atoms with Crippen molar-refractivity contribution in [2.75, 3.05) is 11.9 Å². The first-order valence-electron chi connectivity index (χ1n) is 9.77. The van der Waals surface area contributed by atoms with E-state index in [-0.39, 0.29) is 4.90 Å². The third kappa shape index (κ3) is 5.66. The van der Waals surface area contributed by atoms with Crippen molar-refractivity contribution in [1.82, 2.24) is 4.72 Å². The van der Waals surface area contributed by atoms with Gasteiger partial charge in [-0.05, 0) is 62.4 Å². The molecule has 0 aliphatic heterocycles. The zero-order valence-corrected chi connectivity index (χ0v) is 19.5. The molecule has 1 aromatic carbocycles. The molecule has 0 radical (unpaired) electrons. The Hall–Kier alpha value is -2.47. The molecule has 12 heteroatoms. The van der Waals surface area contributed by atoms with Crippen molar-refractivity contribution in [3.05, 3.63) is 45.3 Å². The molecule has 1 atom stereocenters. The molecule has 0 saturated carbocycles. The fourth-order valence-corrected chi connectivity index (χ4v) is 5.93. The van der Waals surface area contributed by atoms with Crippen molar-refractivity contribution in [2.45, 2.75) is 43.5 Å². The van der Waals surface area contributed by atoms with Crippen LogP contribution in [0.25, 0.3) is 0 Å². The van der Waals surface area contributed by atoms with Gasteiger partial charge in [0.2, 0.25) is 10.0 Å². The molecule has 1 aliphatic carbocycles. The second kappa shape index (κ2) is 9.99.